The Hall–Kier alpha value is -1.88. The molecule has 1 aromatic carbocycles. The van der Waals surface area contributed by atoms with Crippen molar-refractivity contribution in [3.8, 4) is 0 Å². The maximum atomic E-state index is 12.0. The molecule has 1 saturated heterocycles. The van der Waals surface area contributed by atoms with E-state index >= 15 is 0 Å². The molecule has 0 bridgehead atoms. The van der Waals surface area contributed by atoms with Crippen LogP contribution in [0, 0.1) is 6.92 Å². The SMILES string of the molecule is Cc1cccc2[nH]c(CCC(=O)N[C@H]3CCCNC3)nc12. The molecule has 3 N–H and O–H groups in total. The minimum Gasteiger partial charge on any atom is -0.352 e. The Kier molecular flexibility index (Phi) is 4.20. The Morgan fingerprint density at radius 2 is 2.38 bits per heavy atom. The highest BCUT2D eigenvalue weighted by molar-refractivity contribution is 5.79. The first-order valence-corrected chi connectivity index (χ1v) is 7.66. The van der Waals surface area contributed by atoms with Crippen molar-refractivity contribution in [2.45, 2.75) is 38.6 Å². The Bertz CT molecular complexity index is 628. The van der Waals surface area contributed by atoms with E-state index < -0.39 is 0 Å². The number of hydrogen-bond acceptors (Lipinski definition) is 3. The number of carbonyl (C=O) groups excluding carboxylic acids is 1. The van der Waals surface area contributed by atoms with Crippen molar-refractivity contribution in [1.29, 1.82) is 0 Å². The van der Waals surface area contributed by atoms with Gasteiger partial charge in [0.15, 0.2) is 0 Å². The van der Waals surface area contributed by atoms with E-state index in [1.54, 1.807) is 0 Å². The van der Waals surface area contributed by atoms with Gasteiger partial charge >= 0.3 is 0 Å². The highest BCUT2D eigenvalue weighted by Crippen LogP contribution is 2.16. The maximum Gasteiger partial charge on any atom is 0.220 e. The highest BCUT2D eigenvalue weighted by Gasteiger charge is 2.15. The molecule has 0 saturated carbocycles. The number of aromatic nitrogens is 2. The summed E-state index contributed by atoms with van der Waals surface area (Å²) in [4.78, 5) is 19.9. The molecule has 0 radical (unpaired) electrons. The zero-order valence-electron chi connectivity index (χ0n) is 12.4. The summed E-state index contributed by atoms with van der Waals surface area (Å²) in [7, 11) is 0. The van der Waals surface area contributed by atoms with Gasteiger partial charge in [0.25, 0.3) is 0 Å². The second kappa shape index (κ2) is 6.26. The molecule has 2 heterocycles. The molecular weight excluding hydrogens is 264 g/mol. The monoisotopic (exact) mass is 286 g/mol. The van der Waals surface area contributed by atoms with Crippen molar-refractivity contribution < 1.29 is 4.79 Å². The predicted octanol–water partition coefficient (Wildman–Crippen LogP) is 1.67. The lowest BCUT2D eigenvalue weighted by atomic mass is 10.1. The van der Waals surface area contributed by atoms with Gasteiger partial charge < -0.3 is 15.6 Å². The standard InChI is InChI=1S/C16H22N4O/c1-11-4-2-6-13-16(11)20-14(19-13)7-8-15(21)18-12-5-3-9-17-10-12/h2,4,6,12,17H,3,5,7-10H2,1H3,(H,18,21)(H,19,20)/t12-/m0/s1. The van der Waals surface area contributed by atoms with Gasteiger partial charge in [0.05, 0.1) is 11.0 Å². The van der Waals surface area contributed by atoms with Crippen molar-refractivity contribution in [2.75, 3.05) is 13.1 Å². The molecule has 5 nitrogen and oxygen atoms in total. The minimum absolute atomic E-state index is 0.112. The van der Waals surface area contributed by atoms with E-state index in [1.165, 1.54) is 0 Å². The summed E-state index contributed by atoms with van der Waals surface area (Å²) >= 11 is 0. The van der Waals surface area contributed by atoms with E-state index in [0.29, 0.717) is 12.8 Å². The molecular formula is C16H22N4O. The lowest BCUT2D eigenvalue weighted by Crippen LogP contribution is -2.45. The van der Waals surface area contributed by atoms with Crippen LogP contribution in [0.1, 0.15) is 30.7 Å². The number of aromatic amines is 1. The third-order valence-electron chi connectivity index (χ3n) is 4.01. The molecule has 5 heteroatoms. The number of aryl methyl sites for hydroxylation is 2. The Balaban J connectivity index is 1.55. The normalized spacial score (nSPS) is 18.8. The van der Waals surface area contributed by atoms with Crippen molar-refractivity contribution in [3.05, 3.63) is 29.6 Å². The first-order valence-electron chi connectivity index (χ1n) is 7.66. The molecule has 1 aromatic heterocycles. The van der Waals surface area contributed by atoms with Gasteiger partial charge in [-0.15, -0.1) is 0 Å². The van der Waals surface area contributed by atoms with Gasteiger partial charge in [0.1, 0.15) is 5.82 Å². The lowest BCUT2D eigenvalue weighted by Gasteiger charge is -2.23. The largest absolute Gasteiger partial charge is 0.352 e. The summed E-state index contributed by atoms with van der Waals surface area (Å²) in [6, 6.07) is 6.37. The first kappa shape index (κ1) is 14.1. The van der Waals surface area contributed by atoms with E-state index in [1.807, 2.05) is 12.1 Å². The summed E-state index contributed by atoms with van der Waals surface area (Å²) in [5.41, 5.74) is 3.21. The number of fused-ring (bicyclic) bond motifs is 1. The number of para-hydroxylation sites is 1. The second-order valence-electron chi connectivity index (χ2n) is 5.77. The second-order valence-corrected chi connectivity index (χ2v) is 5.77. The molecule has 0 spiro atoms. The average molecular weight is 286 g/mol. The number of imidazole rings is 1. The van der Waals surface area contributed by atoms with E-state index in [9.17, 15) is 4.79 Å². The van der Waals surface area contributed by atoms with Crippen molar-refractivity contribution in [3.63, 3.8) is 0 Å². The van der Waals surface area contributed by atoms with Crippen LogP contribution in [0.2, 0.25) is 0 Å². The van der Waals surface area contributed by atoms with Crippen LogP contribution < -0.4 is 10.6 Å². The van der Waals surface area contributed by atoms with Crippen LogP contribution in [-0.4, -0.2) is 35.0 Å². The van der Waals surface area contributed by atoms with Crippen molar-refractivity contribution >= 4 is 16.9 Å². The maximum absolute atomic E-state index is 12.0. The molecule has 1 aliphatic heterocycles. The third-order valence-corrected chi connectivity index (χ3v) is 4.01. The highest BCUT2D eigenvalue weighted by atomic mass is 16.1. The van der Waals surface area contributed by atoms with Crippen molar-refractivity contribution in [2.24, 2.45) is 0 Å². The molecule has 112 valence electrons. The number of H-pyrrole nitrogens is 1. The third kappa shape index (κ3) is 3.42. The van der Waals surface area contributed by atoms with Crippen LogP contribution in [0.25, 0.3) is 11.0 Å². The summed E-state index contributed by atoms with van der Waals surface area (Å²) in [5, 5.41) is 6.40. The molecule has 1 atom stereocenters. The fourth-order valence-electron chi connectivity index (χ4n) is 2.85. The number of amides is 1. The number of carbonyl (C=O) groups is 1. The van der Waals surface area contributed by atoms with E-state index in [2.05, 4.69) is 33.6 Å². The molecule has 1 amide bonds. The number of nitrogens with one attached hydrogen (secondary N) is 3. The molecule has 0 unspecified atom stereocenters. The Morgan fingerprint density at radius 1 is 1.48 bits per heavy atom. The minimum atomic E-state index is 0.112. The van der Waals surface area contributed by atoms with E-state index in [4.69, 9.17) is 0 Å². The van der Waals surface area contributed by atoms with E-state index in [-0.39, 0.29) is 11.9 Å². The fourth-order valence-corrected chi connectivity index (χ4v) is 2.85. The zero-order valence-corrected chi connectivity index (χ0v) is 12.4. The topological polar surface area (TPSA) is 69.8 Å². The number of hydrogen-bond donors (Lipinski definition) is 3. The van der Waals surface area contributed by atoms with Gasteiger partial charge in [0, 0.05) is 25.4 Å². The van der Waals surface area contributed by atoms with E-state index in [0.717, 1.165) is 48.4 Å². The summed E-state index contributed by atoms with van der Waals surface area (Å²) in [6.45, 7) is 4.00. The number of rotatable bonds is 4. The Labute approximate surface area is 124 Å². The molecule has 3 rings (SSSR count). The Morgan fingerprint density at radius 3 is 3.14 bits per heavy atom. The predicted molar refractivity (Wildman–Crippen MR) is 83.2 cm³/mol. The van der Waals surface area contributed by atoms with Crippen molar-refractivity contribution in [1.82, 2.24) is 20.6 Å². The zero-order chi connectivity index (χ0) is 14.7. The molecule has 21 heavy (non-hydrogen) atoms. The fraction of sp³-hybridized carbons (Fsp3) is 0.500. The number of nitrogens with zero attached hydrogens (tertiary/aromatic N) is 1. The summed E-state index contributed by atoms with van der Waals surface area (Å²) < 4.78 is 0. The average Bonchev–Trinajstić information content (AvgIpc) is 2.91. The van der Waals surface area contributed by atoms with Gasteiger partial charge in [-0.1, -0.05) is 12.1 Å². The van der Waals surface area contributed by atoms with Crippen LogP contribution in [0.15, 0.2) is 18.2 Å². The summed E-state index contributed by atoms with van der Waals surface area (Å²) in [5.74, 6) is 0.997. The van der Waals surface area contributed by atoms with Gasteiger partial charge in [0.2, 0.25) is 5.91 Å². The number of benzene rings is 1. The first-order chi connectivity index (χ1) is 10.2. The van der Waals surface area contributed by atoms with Gasteiger partial charge in [-0.3, -0.25) is 4.79 Å². The lowest BCUT2D eigenvalue weighted by molar-refractivity contribution is -0.121. The molecule has 0 aliphatic carbocycles. The van der Waals surface area contributed by atoms with Crippen LogP contribution in [0.4, 0.5) is 0 Å². The number of piperidine rings is 1. The summed E-state index contributed by atoms with van der Waals surface area (Å²) in [6.07, 6.45) is 3.34. The smallest absolute Gasteiger partial charge is 0.220 e. The van der Waals surface area contributed by atoms with Crippen LogP contribution in [0.3, 0.4) is 0 Å². The van der Waals surface area contributed by atoms with Crippen LogP contribution in [-0.2, 0) is 11.2 Å². The molecule has 1 aliphatic rings. The quantitative estimate of drug-likeness (QED) is 0.801. The van der Waals surface area contributed by atoms with Gasteiger partial charge in [-0.25, -0.2) is 4.98 Å². The van der Waals surface area contributed by atoms with Gasteiger partial charge in [-0.2, -0.15) is 0 Å². The van der Waals surface area contributed by atoms with Crippen LogP contribution >= 0.6 is 0 Å². The van der Waals surface area contributed by atoms with Gasteiger partial charge in [-0.05, 0) is 37.9 Å². The van der Waals surface area contributed by atoms with Crippen LogP contribution in [0.5, 0.6) is 0 Å². The molecule has 2 aromatic rings. The molecule has 1 fully saturated rings.